The van der Waals surface area contributed by atoms with Crippen LogP contribution in [0.3, 0.4) is 0 Å². The van der Waals surface area contributed by atoms with Crippen molar-refractivity contribution in [3.8, 4) is 0 Å². The van der Waals surface area contributed by atoms with E-state index >= 15 is 0 Å². The molecule has 17 heavy (non-hydrogen) atoms. The summed E-state index contributed by atoms with van der Waals surface area (Å²) in [6, 6.07) is -0.0594. The lowest BCUT2D eigenvalue weighted by Gasteiger charge is -2.30. The maximum Gasteiger partial charge on any atom is 0.323 e. The van der Waals surface area contributed by atoms with Gasteiger partial charge in [-0.25, -0.2) is 4.79 Å². The van der Waals surface area contributed by atoms with E-state index in [1.807, 2.05) is 13.8 Å². The van der Waals surface area contributed by atoms with E-state index in [1.165, 1.54) is 4.90 Å². The summed E-state index contributed by atoms with van der Waals surface area (Å²) in [6.07, 6.45) is 2.69. The van der Waals surface area contributed by atoms with E-state index < -0.39 is 5.97 Å². The Kier molecular flexibility index (Phi) is 7.34. The predicted molar refractivity (Wildman–Crippen MR) is 67.0 cm³/mol. The van der Waals surface area contributed by atoms with Gasteiger partial charge in [0, 0.05) is 19.6 Å². The van der Waals surface area contributed by atoms with Crippen LogP contribution in [0.25, 0.3) is 0 Å². The molecule has 0 aromatic carbocycles. The number of rotatable bonds is 7. The fourth-order valence-corrected chi connectivity index (χ4v) is 1.70. The summed E-state index contributed by atoms with van der Waals surface area (Å²) in [5.41, 5.74) is 0. The van der Waals surface area contributed by atoms with E-state index in [0.717, 1.165) is 19.3 Å². The summed E-state index contributed by atoms with van der Waals surface area (Å²) in [4.78, 5) is 25.8. The molecule has 5 nitrogen and oxygen atoms in total. The Morgan fingerprint density at radius 3 is 2.24 bits per heavy atom. The summed E-state index contributed by atoms with van der Waals surface area (Å²) >= 11 is 0. The first kappa shape index (κ1) is 15.7. The summed E-state index contributed by atoms with van der Waals surface area (Å²) < 4.78 is 0. The molecule has 0 aliphatic heterocycles. The van der Waals surface area contributed by atoms with Crippen molar-refractivity contribution < 1.29 is 14.7 Å². The predicted octanol–water partition coefficient (Wildman–Crippen LogP) is 2.02. The van der Waals surface area contributed by atoms with E-state index in [2.05, 4.69) is 6.92 Å². The van der Waals surface area contributed by atoms with Crippen LogP contribution < -0.4 is 0 Å². The maximum absolute atomic E-state index is 12.1. The van der Waals surface area contributed by atoms with Crippen LogP contribution in [0.2, 0.25) is 0 Å². The van der Waals surface area contributed by atoms with E-state index in [4.69, 9.17) is 5.11 Å². The molecule has 5 heteroatoms. The third-order valence-electron chi connectivity index (χ3n) is 2.76. The minimum absolute atomic E-state index is 0.139. The van der Waals surface area contributed by atoms with Gasteiger partial charge in [-0.05, 0) is 19.8 Å². The summed E-state index contributed by atoms with van der Waals surface area (Å²) in [6.45, 7) is 6.23. The van der Waals surface area contributed by atoms with E-state index in [9.17, 15) is 9.59 Å². The van der Waals surface area contributed by atoms with Crippen LogP contribution in [0.1, 0.15) is 40.0 Å². The molecule has 0 spiro atoms. The first-order chi connectivity index (χ1) is 7.93. The Morgan fingerprint density at radius 2 is 1.82 bits per heavy atom. The third-order valence-corrected chi connectivity index (χ3v) is 2.76. The molecule has 1 atom stereocenters. The fraction of sp³-hybridized carbons (Fsp3) is 0.833. The van der Waals surface area contributed by atoms with Crippen LogP contribution in [-0.2, 0) is 4.79 Å². The maximum atomic E-state index is 12.1. The van der Waals surface area contributed by atoms with Gasteiger partial charge in [-0.3, -0.25) is 4.79 Å². The number of hydrogen-bond donors (Lipinski definition) is 1. The molecular formula is C12H24N2O3. The lowest BCUT2D eigenvalue weighted by Crippen LogP contribution is -2.47. The van der Waals surface area contributed by atoms with Crippen molar-refractivity contribution in [2.24, 2.45) is 0 Å². The van der Waals surface area contributed by atoms with Gasteiger partial charge in [-0.15, -0.1) is 0 Å². The molecule has 100 valence electrons. The zero-order valence-electron chi connectivity index (χ0n) is 11.3. The molecule has 0 bridgehead atoms. The molecule has 0 fully saturated rings. The molecule has 0 aliphatic rings. The van der Waals surface area contributed by atoms with Crippen molar-refractivity contribution in [2.45, 2.75) is 46.1 Å². The van der Waals surface area contributed by atoms with Crippen LogP contribution in [0.15, 0.2) is 0 Å². The smallest absolute Gasteiger partial charge is 0.323 e. The quantitative estimate of drug-likeness (QED) is 0.745. The number of aliphatic carboxylic acids is 1. The number of nitrogens with zero attached hydrogens (tertiary/aromatic N) is 2. The molecule has 0 aromatic heterocycles. The fourth-order valence-electron chi connectivity index (χ4n) is 1.70. The van der Waals surface area contributed by atoms with Gasteiger partial charge in [0.25, 0.3) is 0 Å². The van der Waals surface area contributed by atoms with Crippen molar-refractivity contribution in [3.05, 3.63) is 0 Å². The molecule has 0 aromatic rings. The van der Waals surface area contributed by atoms with Crippen molar-refractivity contribution in [1.29, 1.82) is 0 Å². The van der Waals surface area contributed by atoms with E-state index in [0.29, 0.717) is 6.54 Å². The number of carbonyl (C=O) groups excluding carboxylic acids is 1. The van der Waals surface area contributed by atoms with E-state index in [-0.39, 0.29) is 18.6 Å². The number of amides is 2. The van der Waals surface area contributed by atoms with Gasteiger partial charge in [0.2, 0.25) is 0 Å². The van der Waals surface area contributed by atoms with Gasteiger partial charge in [-0.1, -0.05) is 20.3 Å². The summed E-state index contributed by atoms with van der Waals surface area (Å²) in [5.74, 6) is -0.969. The second-order valence-corrected chi connectivity index (χ2v) is 4.35. The Morgan fingerprint density at radius 1 is 1.24 bits per heavy atom. The number of carboxylic acids is 1. The Balaban J connectivity index is 4.52. The molecule has 2 amide bonds. The summed E-state index contributed by atoms with van der Waals surface area (Å²) in [5, 5.41) is 8.77. The number of carboxylic acid groups (broad SMARTS) is 1. The SMILES string of the molecule is CCCC(C)N(C)C(=O)N(CCC)CC(=O)O. The highest BCUT2D eigenvalue weighted by atomic mass is 16.4. The second kappa shape index (κ2) is 7.92. The third kappa shape index (κ3) is 5.56. The van der Waals surface area contributed by atoms with Gasteiger partial charge in [0.05, 0.1) is 0 Å². The normalized spacial score (nSPS) is 12.0. The first-order valence-corrected chi connectivity index (χ1v) is 6.17. The van der Waals surface area contributed by atoms with Crippen molar-refractivity contribution in [3.63, 3.8) is 0 Å². The zero-order valence-corrected chi connectivity index (χ0v) is 11.3. The van der Waals surface area contributed by atoms with Gasteiger partial charge in [-0.2, -0.15) is 0 Å². The Labute approximate surface area is 103 Å². The zero-order chi connectivity index (χ0) is 13.4. The molecule has 0 saturated carbocycles. The number of urea groups is 1. The van der Waals surface area contributed by atoms with Crippen molar-refractivity contribution in [2.75, 3.05) is 20.1 Å². The molecule has 0 saturated heterocycles. The van der Waals surface area contributed by atoms with Gasteiger partial charge >= 0.3 is 12.0 Å². The highest BCUT2D eigenvalue weighted by Gasteiger charge is 2.22. The van der Waals surface area contributed by atoms with Gasteiger partial charge in [0.15, 0.2) is 0 Å². The molecular weight excluding hydrogens is 220 g/mol. The minimum Gasteiger partial charge on any atom is -0.480 e. The number of carbonyl (C=O) groups is 2. The summed E-state index contributed by atoms with van der Waals surface area (Å²) in [7, 11) is 1.73. The largest absolute Gasteiger partial charge is 0.480 e. The minimum atomic E-state index is -0.969. The molecule has 1 N–H and O–H groups in total. The van der Waals surface area contributed by atoms with E-state index in [1.54, 1.807) is 11.9 Å². The molecule has 0 aliphatic carbocycles. The first-order valence-electron chi connectivity index (χ1n) is 6.17. The van der Waals surface area contributed by atoms with Crippen LogP contribution in [0.5, 0.6) is 0 Å². The highest BCUT2D eigenvalue weighted by molar-refractivity contribution is 5.80. The molecule has 1 unspecified atom stereocenters. The second-order valence-electron chi connectivity index (χ2n) is 4.35. The molecule has 0 heterocycles. The lowest BCUT2D eigenvalue weighted by atomic mass is 10.2. The van der Waals surface area contributed by atoms with Crippen LogP contribution in [0.4, 0.5) is 4.79 Å². The van der Waals surface area contributed by atoms with Gasteiger partial charge < -0.3 is 14.9 Å². The number of hydrogen-bond acceptors (Lipinski definition) is 2. The average Bonchev–Trinajstić information content (AvgIpc) is 2.26. The van der Waals surface area contributed by atoms with Crippen LogP contribution >= 0.6 is 0 Å². The topological polar surface area (TPSA) is 60.9 Å². The average molecular weight is 244 g/mol. The Hall–Kier alpha value is -1.26. The van der Waals surface area contributed by atoms with Crippen molar-refractivity contribution >= 4 is 12.0 Å². The molecule has 0 rings (SSSR count). The van der Waals surface area contributed by atoms with Crippen molar-refractivity contribution in [1.82, 2.24) is 9.80 Å². The lowest BCUT2D eigenvalue weighted by molar-refractivity contribution is -0.137. The molecule has 0 radical (unpaired) electrons. The monoisotopic (exact) mass is 244 g/mol. The standard InChI is InChI=1S/C12H24N2O3/c1-5-7-10(3)13(4)12(17)14(8-6-2)9-11(15)16/h10H,5-9H2,1-4H3,(H,15,16). The van der Waals surface area contributed by atoms with Gasteiger partial charge in [0.1, 0.15) is 6.54 Å². The van der Waals surface area contributed by atoms with Crippen LogP contribution in [0, 0.1) is 0 Å². The Bertz CT molecular complexity index is 256. The van der Waals surface area contributed by atoms with Crippen LogP contribution in [-0.4, -0.2) is 53.1 Å². The highest BCUT2D eigenvalue weighted by Crippen LogP contribution is 2.08.